The summed E-state index contributed by atoms with van der Waals surface area (Å²) in [6.45, 7) is 4.69. The maximum atomic E-state index is 13.4. The van der Waals surface area contributed by atoms with Crippen molar-refractivity contribution in [1.82, 2.24) is 5.32 Å². The molecule has 1 nitrogen and oxygen atoms in total. The highest BCUT2D eigenvalue weighted by atomic mass is 79.9. The molecule has 0 radical (unpaired) electrons. The number of nitrogens with one attached hydrogen (secondary N) is 1. The van der Waals surface area contributed by atoms with Crippen LogP contribution < -0.4 is 5.32 Å². The predicted octanol–water partition coefficient (Wildman–Crippen LogP) is 5.44. The van der Waals surface area contributed by atoms with E-state index in [1.807, 2.05) is 30.3 Å². The van der Waals surface area contributed by atoms with Crippen LogP contribution in [0.15, 0.2) is 40.9 Å². The Morgan fingerprint density at radius 2 is 2.00 bits per heavy atom. The summed E-state index contributed by atoms with van der Waals surface area (Å²) in [7, 11) is 0. The van der Waals surface area contributed by atoms with Gasteiger partial charge in [0.05, 0.1) is 0 Å². The first kappa shape index (κ1) is 16.5. The van der Waals surface area contributed by atoms with Gasteiger partial charge in [-0.15, -0.1) is 0 Å². The Morgan fingerprint density at radius 3 is 2.62 bits per heavy atom. The van der Waals surface area contributed by atoms with Gasteiger partial charge in [-0.3, -0.25) is 0 Å². The van der Waals surface area contributed by atoms with Crippen molar-refractivity contribution in [2.75, 3.05) is 6.54 Å². The van der Waals surface area contributed by atoms with Crippen molar-refractivity contribution in [1.29, 1.82) is 0 Å². The summed E-state index contributed by atoms with van der Waals surface area (Å²) in [5, 5.41) is 4.18. The minimum Gasteiger partial charge on any atom is -0.310 e. The first-order valence-electron chi connectivity index (χ1n) is 6.94. The summed E-state index contributed by atoms with van der Waals surface area (Å²) in [6, 6.07) is 11.3. The van der Waals surface area contributed by atoms with Crippen LogP contribution in [-0.4, -0.2) is 6.54 Å². The maximum absolute atomic E-state index is 13.4. The van der Waals surface area contributed by atoms with Crippen LogP contribution in [0.5, 0.6) is 0 Å². The molecule has 0 amide bonds. The van der Waals surface area contributed by atoms with Crippen LogP contribution in [0.1, 0.15) is 29.7 Å². The molecule has 1 N–H and O–H groups in total. The SMILES string of the molecule is CCNC(Cc1ccc(Br)cc1Cl)c1ccc(F)c(C)c1. The van der Waals surface area contributed by atoms with E-state index >= 15 is 0 Å². The minimum atomic E-state index is -0.171. The van der Waals surface area contributed by atoms with E-state index in [2.05, 4.69) is 28.2 Å². The monoisotopic (exact) mass is 369 g/mol. The van der Waals surface area contributed by atoms with E-state index in [-0.39, 0.29) is 11.9 Å². The summed E-state index contributed by atoms with van der Waals surface area (Å²) in [4.78, 5) is 0. The van der Waals surface area contributed by atoms with Crippen molar-refractivity contribution in [3.05, 3.63) is 68.4 Å². The Labute approximate surface area is 138 Å². The molecule has 2 aromatic carbocycles. The molecular weight excluding hydrogens is 353 g/mol. The van der Waals surface area contributed by atoms with E-state index in [0.29, 0.717) is 5.56 Å². The third-order valence-electron chi connectivity index (χ3n) is 3.47. The zero-order valence-corrected chi connectivity index (χ0v) is 14.4. The fourth-order valence-corrected chi connectivity index (χ4v) is 3.10. The highest BCUT2D eigenvalue weighted by Crippen LogP contribution is 2.27. The highest BCUT2D eigenvalue weighted by molar-refractivity contribution is 9.10. The van der Waals surface area contributed by atoms with Crippen molar-refractivity contribution < 1.29 is 4.39 Å². The first-order chi connectivity index (χ1) is 10.0. The lowest BCUT2D eigenvalue weighted by Gasteiger charge is -2.20. The van der Waals surface area contributed by atoms with Crippen LogP contribution in [0.25, 0.3) is 0 Å². The predicted molar refractivity (Wildman–Crippen MR) is 90.4 cm³/mol. The summed E-state index contributed by atoms with van der Waals surface area (Å²) < 4.78 is 14.4. The molecule has 4 heteroatoms. The summed E-state index contributed by atoms with van der Waals surface area (Å²) in [6.07, 6.45) is 0.769. The molecular formula is C17H18BrClFN. The Balaban J connectivity index is 2.28. The number of rotatable bonds is 5. The molecule has 2 rings (SSSR count). The molecule has 2 aromatic rings. The van der Waals surface area contributed by atoms with Crippen molar-refractivity contribution in [2.45, 2.75) is 26.3 Å². The number of halogens is 3. The first-order valence-corrected chi connectivity index (χ1v) is 8.11. The molecule has 112 valence electrons. The van der Waals surface area contributed by atoms with Crippen LogP contribution in [0, 0.1) is 12.7 Å². The molecule has 0 saturated heterocycles. The van der Waals surface area contributed by atoms with E-state index in [0.717, 1.165) is 33.6 Å². The Hall–Kier alpha value is -0.900. The molecule has 0 heterocycles. The quantitative estimate of drug-likeness (QED) is 0.738. The standard InChI is InChI=1S/C17H18BrClFN/c1-3-21-17(13-5-7-16(20)11(2)8-13)9-12-4-6-14(18)10-15(12)19/h4-8,10,17,21H,3,9H2,1-2H3. The molecule has 1 unspecified atom stereocenters. The van der Waals surface area contributed by atoms with Gasteiger partial charge in [-0.05, 0) is 54.8 Å². The minimum absolute atomic E-state index is 0.118. The van der Waals surface area contributed by atoms with E-state index in [4.69, 9.17) is 11.6 Å². The largest absolute Gasteiger partial charge is 0.310 e. The molecule has 21 heavy (non-hydrogen) atoms. The van der Waals surface area contributed by atoms with E-state index in [1.54, 1.807) is 6.92 Å². The number of hydrogen-bond acceptors (Lipinski definition) is 1. The van der Waals surface area contributed by atoms with Crippen LogP contribution in [-0.2, 0) is 6.42 Å². The number of likely N-dealkylation sites (N-methyl/N-ethyl adjacent to an activating group) is 1. The topological polar surface area (TPSA) is 12.0 Å². The Morgan fingerprint density at radius 1 is 1.24 bits per heavy atom. The molecule has 0 saturated carbocycles. The molecule has 0 aliphatic rings. The molecule has 0 aliphatic carbocycles. The zero-order chi connectivity index (χ0) is 15.4. The van der Waals surface area contributed by atoms with Gasteiger partial charge in [-0.2, -0.15) is 0 Å². The van der Waals surface area contributed by atoms with Gasteiger partial charge in [0.2, 0.25) is 0 Å². The van der Waals surface area contributed by atoms with E-state index < -0.39 is 0 Å². The second-order valence-electron chi connectivity index (χ2n) is 5.06. The van der Waals surface area contributed by atoms with Gasteiger partial charge in [-0.1, -0.05) is 52.7 Å². The summed E-state index contributed by atoms with van der Waals surface area (Å²) in [5.74, 6) is -0.171. The van der Waals surface area contributed by atoms with Crippen molar-refractivity contribution >= 4 is 27.5 Å². The van der Waals surface area contributed by atoms with Gasteiger partial charge in [0, 0.05) is 15.5 Å². The van der Waals surface area contributed by atoms with Gasteiger partial charge in [0.25, 0.3) is 0 Å². The second-order valence-corrected chi connectivity index (χ2v) is 6.38. The smallest absolute Gasteiger partial charge is 0.126 e. The fraction of sp³-hybridized carbons (Fsp3) is 0.294. The Kier molecular flexibility index (Phi) is 5.80. The van der Waals surface area contributed by atoms with Crippen LogP contribution in [0.4, 0.5) is 4.39 Å². The van der Waals surface area contributed by atoms with E-state index in [1.165, 1.54) is 6.07 Å². The molecule has 0 spiro atoms. The zero-order valence-electron chi connectivity index (χ0n) is 12.1. The number of aryl methyl sites for hydroxylation is 1. The van der Waals surface area contributed by atoms with Gasteiger partial charge >= 0.3 is 0 Å². The third kappa shape index (κ3) is 4.29. The molecule has 0 fully saturated rings. The Bertz CT molecular complexity index is 630. The van der Waals surface area contributed by atoms with Crippen LogP contribution >= 0.6 is 27.5 Å². The number of hydrogen-bond donors (Lipinski definition) is 1. The van der Waals surface area contributed by atoms with Crippen molar-refractivity contribution in [2.24, 2.45) is 0 Å². The summed E-state index contributed by atoms with van der Waals surface area (Å²) in [5.41, 5.74) is 2.82. The van der Waals surface area contributed by atoms with Gasteiger partial charge in [0.15, 0.2) is 0 Å². The summed E-state index contributed by atoms with van der Waals surface area (Å²) >= 11 is 9.71. The lowest BCUT2D eigenvalue weighted by molar-refractivity contribution is 0.546. The highest BCUT2D eigenvalue weighted by Gasteiger charge is 2.14. The molecule has 0 bridgehead atoms. The van der Waals surface area contributed by atoms with Crippen molar-refractivity contribution in [3.8, 4) is 0 Å². The van der Waals surface area contributed by atoms with Gasteiger partial charge in [0.1, 0.15) is 5.82 Å². The number of benzene rings is 2. The lowest BCUT2D eigenvalue weighted by atomic mass is 9.97. The van der Waals surface area contributed by atoms with Crippen LogP contribution in [0.3, 0.4) is 0 Å². The molecule has 0 aromatic heterocycles. The van der Waals surface area contributed by atoms with E-state index in [9.17, 15) is 4.39 Å². The average Bonchev–Trinajstić information content (AvgIpc) is 2.44. The lowest BCUT2D eigenvalue weighted by Crippen LogP contribution is -2.23. The van der Waals surface area contributed by atoms with Crippen molar-refractivity contribution in [3.63, 3.8) is 0 Å². The van der Waals surface area contributed by atoms with Gasteiger partial charge in [-0.25, -0.2) is 4.39 Å². The fourth-order valence-electron chi connectivity index (χ4n) is 2.35. The maximum Gasteiger partial charge on any atom is 0.126 e. The molecule has 1 atom stereocenters. The molecule has 0 aliphatic heterocycles. The van der Waals surface area contributed by atoms with Crippen LogP contribution in [0.2, 0.25) is 5.02 Å². The average molecular weight is 371 g/mol. The van der Waals surface area contributed by atoms with Gasteiger partial charge < -0.3 is 5.32 Å². The second kappa shape index (κ2) is 7.39. The third-order valence-corrected chi connectivity index (χ3v) is 4.32. The normalized spacial score (nSPS) is 12.4.